The third-order valence-electron chi connectivity index (χ3n) is 8.34. The van der Waals surface area contributed by atoms with Crippen LogP contribution in [0, 0.1) is 17.6 Å². The zero-order valence-electron chi connectivity index (χ0n) is 23.9. The lowest BCUT2D eigenvalue weighted by Gasteiger charge is -2.30. The van der Waals surface area contributed by atoms with E-state index in [1.54, 1.807) is 17.8 Å². The molecule has 2 atom stereocenters. The maximum atomic E-state index is 15.2. The highest BCUT2D eigenvalue weighted by atomic mass is 35.5. The van der Waals surface area contributed by atoms with Crippen molar-refractivity contribution < 1.29 is 37.0 Å². The van der Waals surface area contributed by atoms with Crippen LogP contribution in [-0.2, 0) is 32.5 Å². The number of hydrogen-bond donors (Lipinski definition) is 1. The van der Waals surface area contributed by atoms with E-state index in [4.69, 9.17) is 21.1 Å². The topological polar surface area (TPSA) is 89.9 Å². The lowest BCUT2D eigenvalue weighted by atomic mass is 9.87. The molecule has 0 unspecified atom stereocenters. The first kappa shape index (κ1) is 30.9. The van der Waals surface area contributed by atoms with Crippen molar-refractivity contribution >= 4 is 46.0 Å². The van der Waals surface area contributed by atoms with E-state index < -0.39 is 35.7 Å². The number of anilines is 1. The summed E-state index contributed by atoms with van der Waals surface area (Å²) in [5, 5.41) is 3.13. The minimum absolute atomic E-state index is 0.0109. The number of nitrogens with zero attached hydrogens (tertiary/aromatic N) is 2. The van der Waals surface area contributed by atoms with Crippen molar-refractivity contribution in [2.24, 2.45) is 13.0 Å². The molecule has 1 aliphatic heterocycles. The second-order valence-corrected chi connectivity index (χ2v) is 11.6. The molecule has 1 saturated heterocycles. The highest BCUT2D eigenvalue weighted by Gasteiger charge is 2.37. The molecule has 1 saturated carbocycles. The summed E-state index contributed by atoms with van der Waals surface area (Å²) in [6.07, 6.45) is 2.65. The Balaban J connectivity index is 1.21. The normalized spacial score (nSPS) is 22.1. The largest absolute Gasteiger partial charge is 0.469 e. The van der Waals surface area contributed by atoms with Gasteiger partial charge in [-0.1, -0.05) is 11.6 Å². The maximum Gasteiger partial charge on any atom is 0.308 e. The molecule has 2 aromatic carbocycles. The first-order valence-electron chi connectivity index (χ1n) is 14.2. The molecule has 0 radical (unpaired) electrons. The van der Waals surface area contributed by atoms with Gasteiger partial charge in [0.2, 0.25) is 5.91 Å². The molecule has 2 heterocycles. The molecular weight excluding hydrogens is 587 g/mol. The lowest BCUT2D eigenvalue weighted by molar-refractivity contribution is -0.148. The highest BCUT2D eigenvalue weighted by molar-refractivity contribution is 6.34. The van der Waals surface area contributed by atoms with E-state index in [0.717, 1.165) is 6.07 Å². The van der Waals surface area contributed by atoms with Crippen LogP contribution in [0.15, 0.2) is 36.5 Å². The van der Waals surface area contributed by atoms with Gasteiger partial charge in [0.1, 0.15) is 17.8 Å². The molecule has 230 valence electrons. The number of ether oxygens (including phenoxy) is 2. The quantitative estimate of drug-likeness (QED) is 0.332. The number of likely N-dealkylation sites (tertiary alicyclic amines) is 1. The predicted molar refractivity (Wildman–Crippen MR) is 155 cm³/mol. The molecule has 3 aromatic rings. The average Bonchev–Trinajstić information content (AvgIpc) is 3.53. The number of carbonyl (C=O) groups is 3. The number of esters is 1. The van der Waals surface area contributed by atoms with Gasteiger partial charge in [-0.2, -0.15) is 0 Å². The SMILES string of the molecule is COC(=O)C1CCC(OC[C@@H]2C[C@H](F)CN2C(=O)Cc2cc(Cl)c(NC(=O)c3cn(C)c4cc(F)ccc34)cc2F)CC1. The summed E-state index contributed by atoms with van der Waals surface area (Å²) in [6.45, 7) is 0.0368. The number of benzene rings is 2. The van der Waals surface area contributed by atoms with E-state index in [-0.39, 0.29) is 65.8 Å². The van der Waals surface area contributed by atoms with E-state index in [0.29, 0.717) is 36.6 Å². The molecule has 8 nitrogen and oxygen atoms in total. The Labute approximate surface area is 252 Å². The van der Waals surface area contributed by atoms with Gasteiger partial charge in [0.15, 0.2) is 0 Å². The zero-order chi connectivity index (χ0) is 30.8. The monoisotopic (exact) mass is 619 g/mol. The third-order valence-corrected chi connectivity index (χ3v) is 8.65. The third kappa shape index (κ3) is 6.83. The number of methoxy groups -OCH3 is 1. The fourth-order valence-corrected chi connectivity index (χ4v) is 6.25. The Morgan fingerprint density at radius 2 is 1.84 bits per heavy atom. The van der Waals surface area contributed by atoms with Gasteiger partial charge in [0.25, 0.3) is 5.91 Å². The fourth-order valence-electron chi connectivity index (χ4n) is 6.01. The van der Waals surface area contributed by atoms with E-state index >= 15 is 4.39 Å². The van der Waals surface area contributed by atoms with E-state index in [1.807, 2.05) is 0 Å². The van der Waals surface area contributed by atoms with Crippen molar-refractivity contribution in [2.75, 3.05) is 25.6 Å². The van der Waals surface area contributed by atoms with Crippen LogP contribution in [-0.4, -0.2) is 65.8 Å². The molecule has 2 fully saturated rings. The number of fused-ring (bicyclic) bond motifs is 1. The van der Waals surface area contributed by atoms with E-state index in [2.05, 4.69) is 5.32 Å². The summed E-state index contributed by atoms with van der Waals surface area (Å²) in [6, 6.07) is 5.87. The van der Waals surface area contributed by atoms with E-state index in [1.165, 1.54) is 36.3 Å². The van der Waals surface area contributed by atoms with Crippen molar-refractivity contribution in [3.63, 3.8) is 0 Å². The maximum absolute atomic E-state index is 15.2. The predicted octanol–water partition coefficient (Wildman–Crippen LogP) is 5.59. The number of amides is 2. The van der Waals surface area contributed by atoms with Crippen LogP contribution in [0.2, 0.25) is 5.02 Å². The van der Waals surface area contributed by atoms with Gasteiger partial charge in [0, 0.05) is 25.1 Å². The first-order valence-corrected chi connectivity index (χ1v) is 14.6. The summed E-state index contributed by atoms with van der Waals surface area (Å²) >= 11 is 6.38. The van der Waals surface area contributed by atoms with Gasteiger partial charge in [0.05, 0.1) is 66.5 Å². The van der Waals surface area contributed by atoms with Crippen LogP contribution < -0.4 is 5.32 Å². The zero-order valence-corrected chi connectivity index (χ0v) is 24.6. The highest BCUT2D eigenvalue weighted by Crippen LogP contribution is 2.31. The van der Waals surface area contributed by atoms with Crippen LogP contribution in [0.4, 0.5) is 18.9 Å². The second kappa shape index (κ2) is 13.0. The van der Waals surface area contributed by atoms with Gasteiger partial charge < -0.3 is 24.3 Å². The molecule has 1 N–H and O–H groups in total. The summed E-state index contributed by atoms with van der Waals surface area (Å²) in [5.74, 6) is -2.58. The molecule has 2 amide bonds. The van der Waals surface area contributed by atoms with Crippen molar-refractivity contribution in [1.82, 2.24) is 9.47 Å². The minimum Gasteiger partial charge on any atom is -0.469 e. The van der Waals surface area contributed by atoms with Crippen LogP contribution in [0.25, 0.3) is 10.9 Å². The molecule has 43 heavy (non-hydrogen) atoms. The summed E-state index contributed by atoms with van der Waals surface area (Å²) < 4.78 is 55.6. The number of rotatable bonds is 8. The summed E-state index contributed by atoms with van der Waals surface area (Å²) in [5.41, 5.74) is 0.797. The Morgan fingerprint density at radius 1 is 1.09 bits per heavy atom. The summed E-state index contributed by atoms with van der Waals surface area (Å²) in [4.78, 5) is 39.3. The molecular formula is C31H33ClF3N3O5. The number of aromatic nitrogens is 1. The number of nitrogens with one attached hydrogen (secondary N) is 1. The number of halogens is 4. The van der Waals surface area contributed by atoms with Gasteiger partial charge >= 0.3 is 5.97 Å². The van der Waals surface area contributed by atoms with Gasteiger partial charge in [-0.25, -0.2) is 13.2 Å². The molecule has 12 heteroatoms. The Kier molecular flexibility index (Phi) is 9.31. The molecule has 5 rings (SSSR count). The average molecular weight is 620 g/mol. The van der Waals surface area contributed by atoms with Crippen LogP contribution in [0.5, 0.6) is 0 Å². The van der Waals surface area contributed by atoms with Gasteiger partial charge in [-0.3, -0.25) is 14.4 Å². The standard InChI is InChI=1S/C31H33ClF3N3O5/c1-37-15-24(23-8-5-19(33)12-28(23)37)30(40)36-27-13-26(35)18(9-25(27)32)10-29(39)38-14-20(34)11-21(38)16-43-22-6-3-17(4-7-22)31(41)42-2/h5,8-9,12-13,15,17,20-22H,3-4,6-7,10-11,14,16H2,1-2H3,(H,36,40)/t17?,20-,21-,22?/m0/s1. The van der Waals surface area contributed by atoms with Crippen molar-refractivity contribution in [3.8, 4) is 0 Å². The second-order valence-electron chi connectivity index (χ2n) is 11.2. The first-order chi connectivity index (χ1) is 20.5. The van der Waals surface area contributed by atoms with Crippen LogP contribution in [0.3, 0.4) is 0 Å². The molecule has 1 aromatic heterocycles. The lowest BCUT2D eigenvalue weighted by Crippen LogP contribution is -2.40. The van der Waals surface area contributed by atoms with Crippen molar-refractivity contribution in [2.45, 2.75) is 56.8 Å². The molecule has 0 spiro atoms. The van der Waals surface area contributed by atoms with Crippen LogP contribution in [0.1, 0.15) is 48.0 Å². The van der Waals surface area contributed by atoms with Crippen molar-refractivity contribution in [1.29, 1.82) is 0 Å². The number of carbonyl (C=O) groups excluding carboxylic acids is 3. The smallest absolute Gasteiger partial charge is 0.308 e. The molecule has 2 aliphatic rings. The molecule has 1 aliphatic carbocycles. The Hall–Kier alpha value is -3.57. The number of alkyl halides is 1. The van der Waals surface area contributed by atoms with Gasteiger partial charge in [-0.05, 0) is 61.6 Å². The fraction of sp³-hybridized carbons (Fsp3) is 0.452. The van der Waals surface area contributed by atoms with E-state index in [9.17, 15) is 23.2 Å². The van der Waals surface area contributed by atoms with Crippen LogP contribution >= 0.6 is 11.6 Å². The molecule has 0 bridgehead atoms. The number of aryl methyl sites for hydroxylation is 1. The Morgan fingerprint density at radius 3 is 2.56 bits per heavy atom. The summed E-state index contributed by atoms with van der Waals surface area (Å²) in [7, 11) is 3.05. The Bertz CT molecular complexity index is 1540. The number of hydrogen-bond acceptors (Lipinski definition) is 5. The van der Waals surface area contributed by atoms with Crippen molar-refractivity contribution in [3.05, 3.63) is 64.3 Å². The minimum atomic E-state index is -1.22. The van der Waals surface area contributed by atoms with Gasteiger partial charge in [-0.15, -0.1) is 0 Å².